The van der Waals surface area contributed by atoms with E-state index < -0.39 is 0 Å². The summed E-state index contributed by atoms with van der Waals surface area (Å²) in [6, 6.07) is 2.16. The zero-order chi connectivity index (χ0) is 13.5. The molecule has 3 saturated heterocycles. The SMILES string of the molecule is O=C(C1CC1)N1CCC(NC2CCN3CCCC23)CC1. The van der Waals surface area contributed by atoms with Crippen LogP contribution in [0.25, 0.3) is 0 Å². The van der Waals surface area contributed by atoms with Crippen LogP contribution in [0.5, 0.6) is 0 Å². The van der Waals surface area contributed by atoms with Crippen molar-refractivity contribution < 1.29 is 4.79 Å². The Morgan fingerprint density at radius 2 is 1.70 bits per heavy atom. The molecular weight excluding hydrogens is 250 g/mol. The van der Waals surface area contributed by atoms with Crippen LogP contribution in [0.2, 0.25) is 0 Å². The van der Waals surface area contributed by atoms with Crippen LogP contribution >= 0.6 is 0 Å². The number of amides is 1. The van der Waals surface area contributed by atoms with Crippen molar-refractivity contribution in [1.82, 2.24) is 15.1 Å². The highest BCUT2D eigenvalue weighted by Gasteiger charge is 2.39. The fourth-order valence-corrected chi connectivity index (χ4v) is 4.43. The molecule has 0 aromatic rings. The van der Waals surface area contributed by atoms with Crippen LogP contribution < -0.4 is 5.32 Å². The first-order chi connectivity index (χ1) is 9.81. The van der Waals surface area contributed by atoms with E-state index in [1.54, 1.807) is 0 Å². The first-order valence-corrected chi connectivity index (χ1v) is 8.60. The lowest BCUT2D eigenvalue weighted by atomic mass is 10.00. The minimum atomic E-state index is 0.390. The normalized spacial score (nSPS) is 35.5. The van der Waals surface area contributed by atoms with E-state index in [2.05, 4.69) is 15.1 Å². The minimum Gasteiger partial charge on any atom is -0.342 e. The second-order valence-corrected chi connectivity index (χ2v) is 7.18. The molecule has 0 radical (unpaired) electrons. The molecule has 0 bridgehead atoms. The number of carbonyl (C=O) groups is 1. The van der Waals surface area contributed by atoms with Crippen molar-refractivity contribution >= 4 is 5.91 Å². The third kappa shape index (κ3) is 2.48. The highest BCUT2D eigenvalue weighted by Crippen LogP contribution is 2.32. The van der Waals surface area contributed by atoms with E-state index in [1.165, 1.54) is 32.4 Å². The van der Waals surface area contributed by atoms with Gasteiger partial charge in [-0.1, -0.05) is 0 Å². The molecular formula is C16H27N3O. The minimum absolute atomic E-state index is 0.390. The van der Waals surface area contributed by atoms with Gasteiger partial charge in [0.1, 0.15) is 0 Å². The van der Waals surface area contributed by atoms with Gasteiger partial charge < -0.3 is 10.2 Å². The Morgan fingerprint density at radius 1 is 0.900 bits per heavy atom. The maximum absolute atomic E-state index is 12.1. The average Bonchev–Trinajstić information content (AvgIpc) is 3.10. The summed E-state index contributed by atoms with van der Waals surface area (Å²) in [5.74, 6) is 0.827. The Labute approximate surface area is 121 Å². The van der Waals surface area contributed by atoms with E-state index in [9.17, 15) is 4.79 Å². The molecule has 0 aromatic carbocycles. The molecule has 1 saturated carbocycles. The van der Waals surface area contributed by atoms with Crippen molar-refractivity contribution in [2.75, 3.05) is 26.2 Å². The number of hydrogen-bond acceptors (Lipinski definition) is 3. The van der Waals surface area contributed by atoms with Crippen LogP contribution in [0.1, 0.15) is 44.9 Å². The zero-order valence-corrected chi connectivity index (χ0v) is 12.4. The third-order valence-corrected chi connectivity index (χ3v) is 5.79. The quantitative estimate of drug-likeness (QED) is 0.842. The number of likely N-dealkylation sites (tertiary alicyclic amines) is 1. The Balaban J connectivity index is 1.26. The number of piperidine rings is 1. The van der Waals surface area contributed by atoms with Gasteiger partial charge in [0.15, 0.2) is 0 Å². The number of rotatable bonds is 3. The van der Waals surface area contributed by atoms with Gasteiger partial charge in [-0.15, -0.1) is 0 Å². The average molecular weight is 277 g/mol. The summed E-state index contributed by atoms with van der Waals surface area (Å²) < 4.78 is 0. The van der Waals surface area contributed by atoms with Gasteiger partial charge in [-0.3, -0.25) is 9.69 Å². The molecule has 3 heterocycles. The van der Waals surface area contributed by atoms with Crippen LogP contribution in [0.4, 0.5) is 0 Å². The highest BCUT2D eigenvalue weighted by atomic mass is 16.2. The molecule has 4 fully saturated rings. The van der Waals surface area contributed by atoms with E-state index in [1.807, 2.05) is 0 Å². The van der Waals surface area contributed by atoms with Crippen molar-refractivity contribution in [1.29, 1.82) is 0 Å². The topological polar surface area (TPSA) is 35.6 Å². The van der Waals surface area contributed by atoms with Gasteiger partial charge in [-0.25, -0.2) is 0 Å². The van der Waals surface area contributed by atoms with Gasteiger partial charge in [-0.05, 0) is 51.5 Å². The molecule has 4 heteroatoms. The predicted molar refractivity (Wildman–Crippen MR) is 78.5 cm³/mol. The smallest absolute Gasteiger partial charge is 0.225 e. The fraction of sp³-hybridized carbons (Fsp3) is 0.938. The molecule has 3 aliphatic heterocycles. The molecule has 4 rings (SSSR count). The van der Waals surface area contributed by atoms with Gasteiger partial charge >= 0.3 is 0 Å². The molecule has 1 N–H and O–H groups in total. The van der Waals surface area contributed by atoms with Crippen molar-refractivity contribution in [2.24, 2.45) is 5.92 Å². The van der Waals surface area contributed by atoms with Gasteiger partial charge in [0.25, 0.3) is 0 Å². The number of fused-ring (bicyclic) bond motifs is 1. The number of hydrogen-bond donors (Lipinski definition) is 1. The van der Waals surface area contributed by atoms with Crippen molar-refractivity contribution in [3.05, 3.63) is 0 Å². The maximum atomic E-state index is 12.1. The molecule has 20 heavy (non-hydrogen) atoms. The molecule has 2 unspecified atom stereocenters. The summed E-state index contributed by atoms with van der Waals surface area (Å²) in [5, 5.41) is 3.91. The highest BCUT2D eigenvalue weighted by molar-refractivity contribution is 5.81. The van der Waals surface area contributed by atoms with Crippen LogP contribution in [-0.2, 0) is 4.79 Å². The zero-order valence-electron chi connectivity index (χ0n) is 12.4. The molecule has 4 aliphatic rings. The predicted octanol–water partition coefficient (Wildman–Crippen LogP) is 1.21. The molecule has 4 nitrogen and oxygen atoms in total. The molecule has 0 spiro atoms. The van der Waals surface area contributed by atoms with E-state index >= 15 is 0 Å². The molecule has 1 amide bonds. The van der Waals surface area contributed by atoms with Crippen LogP contribution in [0.15, 0.2) is 0 Å². The lowest BCUT2D eigenvalue weighted by Crippen LogP contribution is -2.50. The largest absolute Gasteiger partial charge is 0.342 e. The van der Waals surface area contributed by atoms with Crippen LogP contribution in [-0.4, -0.2) is 60.0 Å². The van der Waals surface area contributed by atoms with Gasteiger partial charge in [-0.2, -0.15) is 0 Å². The maximum Gasteiger partial charge on any atom is 0.225 e. The summed E-state index contributed by atoms with van der Waals surface area (Å²) in [4.78, 5) is 16.8. The Morgan fingerprint density at radius 3 is 2.45 bits per heavy atom. The fourth-order valence-electron chi connectivity index (χ4n) is 4.43. The Hall–Kier alpha value is -0.610. The Bertz CT molecular complexity index is 374. The van der Waals surface area contributed by atoms with Gasteiger partial charge in [0.05, 0.1) is 0 Å². The Kier molecular flexibility index (Phi) is 3.47. The van der Waals surface area contributed by atoms with E-state index in [0.717, 1.165) is 44.8 Å². The number of nitrogens with zero attached hydrogens (tertiary/aromatic N) is 2. The second-order valence-electron chi connectivity index (χ2n) is 7.18. The van der Waals surface area contributed by atoms with Crippen LogP contribution in [0, 0.1) is 5.92 Å². The standard InChI is InChI=1S/C16H27N3O/c20-16(12-3-4-12)19-9-5-13(6-10-19)17-14-7-11-18-8-1-2-15(14)18/h12-15,17H,1-11H2. The van der Waals surface area contributed by atoms with Gasteiger partial charge in [0, 0.05) is 43.7 Å². The first kappa shape index (κ1) is 13.1. The first-order valence-electron chi connectivity index (χ1n) is 8.60. The van der Waals surface area contributed by atoms with E-state index in [-0.39, 0.29) is 0 Å². The summed E-state index contributed by atoms with van der Waals surface area (Å²) >= 11 is 0. The summed E-state index contributed by atoms with van der Waals surface area (Å²) in [6.45, 7) is 4.57. The lowest BCUT2D eigenvalue weighted by molar-refractivity contribution is -0.133. The molecule has 2 atom stereocenters. The number of nitrogens with one attached hydrogen (secondary N) is 1. The van der Waals surface area contributed by atoms with Gasteiger partial charge in [0.2, 0.25) is 5.91 Å². The molecule has 0 aromatic heterocycles. The number of carbonyl (C=O) groups excluding carboxylic acids is 1. The van der Waals surface area contributed by atoms with Crippen molar-refractivity contribution in [3.8, 4) is 0 Å². The summed E-state index contributed by atoms with van der Waals surface area (Å²) in [5.41, 5.74) is 0. The summed E-state index contributed by atoms with van der Waals surface area (Å²) in [7, 11) is 0. The van der Waals surface area contributed by atoms with Crippen LogP contribution in [0.3, 0.4) is 0 Å². The molecule has 1 aliphatic carbocycles. The second kappa shape index (κ2) is 5.30. The van der Waals surface area contributed by atoms with Crippen molar-refractivity contribution in [2.45, 2.75) is 63.1 Å². The van der Waals surface area contributed by atoms with E-state index in [4.69, 9.17) is 0 Å². The van der Waals surface area contributed by atoms with E-state index in [0.29, 0.717) is 23.9 Å². The monoisotopic (exact) mass is 277 g/mol. The summed E-state index contributed by atoms with van der Waals surface area (Å²) in [6.07, 6.45) is 8.68. The van der Waals surface area contributed by atoms with Crippen molar-refractivity contribution in [3.63, 3.8) is 0 Å². The molecule has 112 valence electrons. The lowest BCUT2D eigenvalue weighted by Gasteiger charge is -2.35. The third-order valence-electron chi connectivity index (χ3n) is 5.79.